The first-order valence-corrected chi connectivity index (χ1v) is 5.44. The molecule has 0 fully saturated rings. The second-order valence-corrected chi connectivity index (χ2v) is 4.16. The van der Waals surface area contributed by atoms with Gasteiger partial charge in [0.25, 0.3) is 0 Å². The number of carbonyl (C=O) groups is 1. The Morgan fingerprint density at radius 1 is 1.18 bits per heavy atom. The van der Waals surface area contributed by atoms with Crippen LogP contribution in [-0.2, 0) is 0 Å². The summed E-state index contributed by atoms with van der Waals surface area (Å²) < 4.78 is 13.1. The van der Waals surface area contributed by atoms with Gasteiger partial charge < -0.3 is 0 Å². The Hall–Kier alpha value is -1.45. The lowest BCUT2D eigenvalue weighted by molar-refractivity contribution is 0.112. The Labute approximate surface area is 107 Å². The highest BCUT2D eigenvalue weighted by Crippen LogP contribution is 2.30. The smallest absolute Gasteiger partial charge is 0.213 e. The fraction of sp³-hybridized carbons (Fsp3) is 0. The van der Waals surface area contributed by atoms with E-state index in [0.29, 0.717) is 21.9 Å². The van der Waals surface area contributed by atoms with E-state index in [2.05, 4.69) is 4.98 Å². The molecule has 17 heavy (non-hydrogen) atoms. The zero-order valence-corrected chi connectivity index (χ0v) is 9.97. The molecular weight excluding hydrogens is 264 g/mol. The maximum atomic E-state index is 13.1. The quantitative estimate of drug-likeness (QED) is 0.609. The molecule has 2 aromatic rings. The molecule has 5 heteroatoms. The Bertz CT molecular complexity index is 587. The molecule has 0 aliphatic carbocycles. The van der Waals surface area contributed by atoms with E-state index >= 15 is 0 Å². The number of benzene rings is 1. The maximum Gasteiger partial charge on any atom is 0.213 e. The summed E-state index contributed by atoms with van der Waals surface area (Å²) in [6, 6.07) is 7.19. The van der Waals surface area contributed by atoms with E-state index in [-0.39, 0.29) is 11.3 Å². The van der Waals surface area contributed by atoms with Crippen LogP contribution in [0.5, 0.6) is 0 Å². The number of carbonyl (C=O) groups excluding carboxylic acids is 1. The summed E-state index contributed by atoms with van der Waals surface area (Å²) in [7, 11) is 0. The van der Waals surface area contributed by atoms with Crippen molar-refractivity contribution in [1.82, 2.24) is 4.98 Å². The Morgan fingerprint density at radius 3 is 2.59 bits per heavy atom. The molecule has 0 amide bonds. The second-order valence-electron chi connectivity index (χ2n) is 3.31. The average molecular weight is 270 g/mol. The molecule has 86 valence electrons. The lowest BCUT2D eigenvalue weighted by atomic mass is 10.1. The molecule has 0 unspecified atom stereocenters. The van der Waals surface area contributed by atoms with Crippen LogP contribution in [0.1, 0.15) is 10.4 Å². The zero-order chi connectivity index (χ0) is 12.4. The molecule has 2 nitrogen and oxygen atoms in total. The van der Waals surface area contributed by atoms with Gasteiger partial charge in [-0.1, -0.05) is 23.2 Å². The van der Waals surface area contributed by atoms with Crippen LogP contribution in [0.15, 0.2) is 30.3 Å². The number of halogens is 3. The topological polar surface area (TPSA) is 30.0 Å². The normalized spacial score (nSPS) is 10.3. The van der Waals surface area contributed by atoms with Crippen LogP contribution in [0.2, 0.25) is 10.0 Å². The van der Waals surface area contributed by atoms with Gasteiger partial charge in [0.2, 0.25) is 5.95 Å². The molecule has 0 saturated carbocycles. The molecule has 0 N–H and O–H groups in total. The van der Waals surface area contributed by atoms with E-state index in [1.165, 1.54) is 12.1 Å². The first kappa shape index (κ1) is 12.0. The fourth-order valence-corrected chi connectivity index (χ4v) is 1.94. The van der Waals surface area contributed by atoms with E-state index in [9.17, 15) is 9.18 Å². The first-order chi connectivity index (χ1) is 8.11. The van der Waals surface area contributed by atoms with Gasteiger partial charge in [-0.15, -0.1) is 0 Å². The predicted molar refractivity (Wildman–Crippen MR) is 65.0 cm³/mol. The third-order valence-electron chi connectivity index (χ3n) is 2.21. The molecule has 1 aromatic carbocycles. The summed E-state index contributed by atoms with van der Waals surface area (Å²) in [5, 5.41) is 0.779. The van der Waals surface area contributed by atoms with Crippen molar-refractivity contribution in [1.29, 1.82) is 0 Å². The molecule has 0 aliphatic heterocycles. The molecule has 0 saturated heterocycles. The number of pyridine rings is 1. The summed E-state index contributed by atoms with van der Waals surface area (Å²) >= 11 is 11.7. The van der Waals surface area contributed by atoms with E-state index in [1.807, 2.05) is 0 Å². The van der Waals surface area contributed by atoms with Crippen LogP contribution in [0.25, 0.3) is 11.3 Å². The van der Waals surface area contributed by atoms with Crippen molar-refractivity contribution >= 4 is 29.5 Å². The number of hydrogen-bond acceptors (Lipinski definition) is 2. The number of rotatable bonds is 2. The molecule has 0 atom stereocenters. The van der Waals surface area contributed by atoms with Gasteiger partial charge in [0.1, 0.15) is 0 Å². The van der Waals surface area contributed by atoms with Crippen molar-refractivity contribution in [3.63, 3.8) is 0 Å². The van der Waals surface area contributed by atoms with Gasteiger partial charge in [0, 0.05) is 16.1 Å². The molecule has 1 heterocycles. The first-order valence-electron chi connectivity index (χ1n) is 4.69. The van der Waals surface area contributed by atoms with E-state index in [4.69, 9.17) is 23.2 Å². The van der Waals surface area contributed by atoms with Crippen LogP contribution in [-0.4, -0.2) is 11.3 Å². The minimum absolute atomic E-state index is 0.210. The van der Waals surface area contributed by atoms with Gasteiger partial charge in [0.15, 0.2) is 6.29 Å². The van der Waals surface area contributed by atoms with Crippen molar-refractivity contribution in [3.05, 3.63) is 51.9 Å². The third-order valence-corrected chi connectivity index (χ3v) is 2.75. The summed E-state index contributed by atoms with van der Waals surface area (Å²) in [4.78, 5) is 14.5. The Kier molecular flexibility index (Phi) is 3.41. The minimum Gasteiger partial charge on any atom is -0.298 e. The number of hydrogen-bond donors (Lipinski definition) is 0. The van der Waals surface area contributed by atoms with Gasteiger partial charge in [-0.05, 0) is 30.3 Å². The molecule has 0 bridgehead atoms. The van der Waals surface area contributed by atoms with Gasteiger partial charge in [0.05, 0.1) is 10.7 Å². The van der Waals surface area contributed by atoms with Gasteiger partial charge in [-0.3, -0.25) is 4.79 Å². The monoisotopic (exact) mass is 269 g/mol. The molecule has 2 rings (SSSR count). The maximum absolute atomic E-state index is 13.1. The van der Waals surface area contributed by atoms with Crippen LogP contribution >= 0.6 is 23.2 Å². The van der Waals surface area contributed by atoms with Crippen LogP contribution in [0, 0.1) is 5.95 Å². The Balaban J connectivity index is 2.66. The summed E-state index contributed by atoms with van der Waals surface area (Å²) in [5.74, 6) is -0.670. The largest absolute Gasteiger partial charge is 0.298 e. The molecule has 0 spiro atoms. The lowest BCUT2D eigenvalue weighted by Gasteiger charge is -2.06. The summed E-state index contributed by atoms with van der Waals surface area (Å²) in [6.07, 6.45) is 0.604. The van der Waals surface area contributed by atoms with Crippen LogP contribution < -0.4 is 0 Å². The number of nitrogens with zero attached hydrogens (tertiary/aromatic N) is 1. The molecule has 0 radical (unpaired) electrons. The highest BCUT2D eigenvalue weighted by atomic mass is 35.5. The number of aldehydes is 1. The van der Waals surface area contributed by atoms with Gasteiger partial charge in [-0.25, -0.2) is 4.98 Å². The van der Waals surface area contributed by atoms with Crippen LogP contribution in [0.3, 0.4) is 0 Å². The van der Waals surface area contributed by atoms with E-state index < -0.39 is 5.95 Å². The SMILES string of the molecule is O=Cc1ccc(F)nc1-c1ccc(Cl)cc1Cl. The van der Waals surface area contributed by atoms with Crippen molar-refractivity contribution in [2.24, 2.45) is 0 Å². The highest BCUT2D eigenvalue weighted by Gasteiger charge is 2.11. The lowest BCUT2D eigenvalue weighted by Crippen LogP contribution is -1.95. The van der Waals surface area contributed by atoms with Crippen molar-refractivity contribution in [3.8, 4) is 11.3 Å². The minimum atomic E-state index is -0.670. The second kappa shape index (κ2) is 4.82. The predicted octanol–water partition coefficient (Wildman–Crippen LogP) is 4.01. The third kappa shape index (κ3) is 2.46. The van der Waals surface area contributed by atoms with Gasteiger partial charge >= 0.3 is 0 Å². The highest BCUT2D eigenvalue weighted by molar-refractivity contribution is 6.36. The summed E-state index contributed by atoms with van der Waals surface area (Å²) in [6.45, 7) is 0. The van der Waals surface area contributed by atoms with Crippen molar-refractivity contribution < 1.29 is 9.18 Å². The standard InChI is InChI=1S/C12H6Cl2FNO/c13-8-2-3-9(10(14)5-8)12-7(6-17)1-4-11(15)16-12/h1-6H. The van der Waals surface area contributed by atoms with Crippen LogP contribution in [0.4, 0.5) is 4.39 Å². The number of aromatic nitrogens is 1. The average Bonchev–Trinajstić information content (AvgIpc) is 2.29. The van der Waals surface area contributed by atoms with Crippen molar-refractivity contribution in [2.75, 3.05) is 0 Å². The van der Waals surface area contributed by atoms with Gasteiger partial charge in [-0.2, -0.15) is 4.39 Å². The zero-order valence-electron chi connectivity index (χ0n) is 8.45. The Morgan fingerprint density at radius 2 is 1.94 bits per heavy atom. The summed E-state index contributed by atoms with van der Waals surface area (Å²) in [5.41, 5.74) is 0.954. The van der Waals surface area contributed by atoms with Crippen molar-refractivity contribution in [2.45, 2.75) is 0 Å². The molecule has 0 aliphatic rings. The molecule has 1 aromatic heterocycles. The van der Waals surface area contributed by atoms with E-state index in [1.54, 1.807) is 12.1 Å². The van der Waals surface area contributed by atoms with E-state index in [0.717, 1.165) is 6.07 Å². The molecular formula is C12H6Cl2FNO. The fourth-order valence-electron chi connectivity index (χ4n) is 1.44.